The number of amides is 1. The molecule has 162 valence electrons. The van der Waals surface area contributed by atoms with Crippen LogP contribution in [0, 0.1) is 20.8 Å². The topological polar surface area (TPSA) is 110 Å². The van der Waals surface area contributed by atoms with E-state index in [4.69, 9.17) is 4.74 Å². The lowest BCUT2D eigenvalue weighted by Gasteiger charge is -2.17. The largest absolute Gasteiger partial charge is 0.481 e. The summed E-state index contributed by atoms with van der Waals surface area (Å²) in [6.07, 6.45) is 0.740. The van der Waals surface area contributed by atoms with Crippen molar-refractivity contribution in [3.63, 3.8) is 0 Å². The zero-order valence-corrected chi connectivity index (χ0v) is 18.5. The lowest BCUT2D eigenvalue weighted by molar-refractivity contribution is -0.122. The number of rotatable bonds is 7. The van der Waals surface area contributed by atoms with E-state index in [9.17, 15) is 13.2 Å². The third-order valence-electron chi connectivity index (χ3n) is 4.47. The average molecular weight is 441 g/mol. The third kappa shape index (κ3) is 5.79. The van der Waals surface area contributed by atoms with Gasteiger partial charge in [-0.1, -0.05) is 12.1 Å². The molecule has 3 rings (SSSR count). The van der Waals surface area contributed by atoms with E-state index in [-0.39, 0.29) is 16.8 Å². The lowest BCUT2D eigenvalue weighted by atomic mass is 10.1. The summed E-state index contributed by atoms with van der Waals surface area (Å²) >= 11 is 0. The first kappa shape index (κ1) is 22.2. The minimum atomic E-state index is -3.85. The highest BCUT2D eigenvalue weighted by atomic mass is 32.2. The van der Waals surface area contributed by atoms with Gasteiger partial charge in [-0.3, -0.25) is 4.79 Å². The van der Waals surface area contributed by atoms with Gasteiger partial charge in [-0.05, 0) is 75.2 Å². The fourth-order valence-corrected chi connectivity index (χ4v) is 3.67. The standard InChI is InChI=1S/C22H24N4O4S/c1-14-5-6-15(2)20(13-14)30-17(4)21(27)25-18-7-9-19(10-8-18)31(28,29)26-22-23-12-11-16(3)24-22/h5-13,17H,1-4H3,(H,25,27)(H,23,24,26). The molecule has 0 spiro atoms. The van der Waals surface area contributed by atoms with Crippen molar-refractivity contribution >= 4 is 27.6 Å². The molecule has 0 saturated carbocycles. The van der Waals surface area contributed by atoms with Gasteiger partial charge in [-0.15, -0.1) is 0 Å². The van der Waals surface area contributed by atoms with E-state index >= 15 is 0 Å². The van der Waals surface area contributed by atoms with Gasteiger partial charge in [0.05, 0.1) is 4.90 Å². The summed E-state index contributed by atoms with van der Waals surface area (Å²) in [4.78, 5) is 20.4. The number of nitrogens with zero attached hydrogens (tertiary/aromatic N) is 2. The molecule has 0 saturated heterocycles. The number of carbonyl (C=O) groups is 1. The number of anilines is 2. The van der Waals surface area contributed by atoms with Crippen LogP contribution in [0.5, 0.6) is 5.75 Å². The molecule has 1 unspecified atom stereocenters. The quantitative estimate of drug-likeness (QED) is 0.581. The van der Waals surface area contributed by atoms with E-state index in [2.05, 4.69) is 20.0 Å². The number of sulfonamides is 1. The predicted octanol–water partition coefficient (Wildman–Crippen LogP) is 3.61. The summed E-state index contributed by atoms with van der Waals surface area (Å²) in [6.45, 7) is 7.25. The number of hydrogen-bond donors (Lipinski definition) is 2. The molecule has 0 fully saturated rings. The van der Waals surface area contributed by atoms with Crippen molar-refractivity contribution in [1.29, 1.82) is 0 Å². The number of hydrogen-bond acceptors (Lipinski definition) is 6. The number of nitrogens with one attached hydrogen (secondary N) is 2. The Balaban J connectivity index is 1.65. The van der Waals surface area contributed by atoms with Crippen LogP contribution in [0.25, 0.3) is 0 Å². The Bertz CT molecular complexity index is 1190. The Labute approximate surface area is 181 Å². The van der Waals surface area contributed by atoms with Gasteiger partial charge in [0.15, 0.2) is 6.10 Å². The van der Waals surface area contributed by atoms with E-state index in [1.165, 1.54) is 30.5 Å². The van der Waals surface area contributed by atoms with E-state index in [0.717, 1.165) is 11.1 Å². The van der Waals surface area contributed by atoms with Gasteiger partial charge in [0, 0.05) is 17.6 Å². The van der Waals surface area contributed by atoms with Gasteiger partial charge >= 0.3 is 0 Å². The number of aromatic nitrogens is 2. The summed E-state index contributed by atoms with van der Waals surface area (Å²) in [7, 11) is -3.85. The highest BCUT2D eigenvalue weighted by Crippen LogP contribution is 2.21. The normalized spacial score (nSPS) is 12.1. The molecule has 1 aromatic heterocycles. The minimum absolute atomic E-state index is 0.00482. The van der Waals surface area contributed by atoms with Gasteiger partial charge < -0.3 is 10.1 Å². The molecule has 31 heavy (non-hydrogen) atoms. The zero-order chi connectivity index (χ0) is 22.6. The van der Waals surface area contributed by atoms with Crippen molar-refractivity contribution in [3.8, 4) is 5.75 Å². The summed E-state index contributed by atoms with van der Waals surface area (Å²) in [6, 6.07) is 13.3. The Morgan fingerprint density at radius 1 is 1.03 bits per heavy atom. The molecule has 0 bridgehead atoms. The van der Waals surface area contributed by atoms with Crippen LogP contribution in [-0.4, -0.2) is 30.4 Å². The van der Waals surface area contributed by atoms with Crippen LogP contribution in [0.3, 0.4) is 0 Å². The first-order chi connectivity index (χ1) is 14.6. The number of benzene rings is 2. The van der Waals surface area contributed by atoms with Crippen molar-refractivity contribution < 1.29 is 17.9 Å². The monoisotopic (exact) mass is 440 g/mol. The van der Waals surface area contributed by atoms with Crippen LogP contribution >= 0.6 is 0 Å². The van der Waals surface area contributed by atoms with Gasteiger partial charge in [-0.25, -0.2) is 23.1 Å². The van der Waals surface area contributed by atoms with Crippen LogP contribution in [-0.2, 0) is 14.8 Å². The maximum absolute atomic E-state index is 12.5. The van der Waals surface area contributed by atoms with Crippen LogP contribution in [0.15, 0.2) is 59.6 Å². The molecule has 0 radical (unpaired) electrons. The molecule has 1 heterocycles. The van der Waals surface area contributed by atoms with Crippen molar-refractivity contribution in [2.24, 2.45) is 0 Å². The van der Waals surface area contributed by atoms with E-state index < -0.39 is 16.1 Å². The van der Waals surface area contributed by atoms with Crippen LogP contribution in [0.2, 0.25) is 0 Å². The molecular weight excluding hydrogens is 416 g/mol. The van der Waals surface area contributed by atoms with Crippen LogP contribution in [0.1, 0.15) is 23.7 Å². The predicted molar refractivity (Wildman–Crippen MR) is 119 cm³/mol. The minimum Gasteiger partial charge on any atom is -0.481 e. The average Bonchev–Trinajstić information content (AvgIpc) is 2.70. The second-order valence-corrected chi connectivity index (χ2v) is 8.85. The maximum Gasteiger partial charge on any atom is 0.265 e. The number of ether oxygens (including phenoxy) is 1. The second kappa shape index (κ2) is 9.13. The molecule has 8 nitrogen and oxygen atoms in total. The van der Waals surface area contributed by atoms with Crippen LogP contribution < -0.4 is 14.8 Å². The summed E-state index contributed by atoms with van der Waals surface area (Å²) in [5.41, 5.74) is 3.06. The Morgan fingerprint density at radius 2 is 1.74 bits per heavy atom. The molecule has 0 aliphatic carbocycles. The van der Waals surface area contributed by atoms with Crippen molar-refractivity contribution in [2.75, 3.05) is 10.0 Å². The Morgan fingerprint density at radius 3 is 2.42 bits per heavy atom. The number of carbonyl (C=O) groups excluding carboxylic acids is 1. The second-order valence-electron chi connectivity index (χ2n) is 7.17. The Kier molecular flexibility index (Phi) is 6.55. The molecule has 0 aliphatic heterocycles. The lowest BCUT2D eigenvalue weighted by Crippen LogP contribution is -2.30. The maximum atomic E-state index is 12.5. The highest BCUT2D eigenvalue weighted by molar-refractivity contribution is 7.92. The first-order valence-corrected chi connectivity index (χ1v) is 11.1. The summed E-state index contributed by atoms with van der Waals surface area (Å²) < 4.78 is 33.2. The molecule has 2 N–H and O–H groups in total. The molecular formula is C22H24N4O4S. The zero-order valence-electron chi connectivity index (χ0n) is 17.7. The molecule has 9 heteroatoms. The Hall–Kier alpha value is -3.46. The first-order valence-electron chi connectivity index (χ1n) is 9.61. The fourth-order valence-electron chi connectivity index (χ4n) is 2.72. The van der Waals surface area contributed by atoms with Crippen molar-refractivity contribution in [1.82, 2.24) is 9.97 Å². The highest BCUT2D eigenvalue weighted by Gasteiger charge is 2.18. The summed E-state index contributed by atoms with van der Waals surface area (Å²) in [5.74, 6) is 0.297. The van der Waals surface area contributed by atoms with Crippen LogP contribution in [0.4, 0.5) is 11.6 Å². The van der Waals surface area contributed by atoms with Gasteiger partial charge in [0.1, 0.15) is 5.75 Å². The molecule has 1 atom stereocenters. The van der Waals surface area contributed by atoms with Gasteiger partial charge in [-0.2, -0.15) is 0 Å². The van der Waals surface area contributed by atoms with Gasteiger partial charge in [0.2, 0.25) is 5.95 Å². The molecule has 3 aromatic rings. The van der Waals surface area contributed by atoms with E-state index in [0.29, 0.717) is 17.1 Å². The SMILES string of the molecule is Cc1ccc(C)c(OC(C)C(=O)Nc2ccc(S(=O)(=O)Nc3nccc(C)n3)cc2)c1. The third-order valence-corrected chi connectivity index (χ3v) is 5.81. The van der Waals surface area contributed by atoms with Crippen molar-refractivity contribution in [2.45, 2.75) is 38.7 Å². The van der Waals surface area contributed by atoms with E-state index in [1.54, 1.807) is 19.9 Å². The fraction of sp³-hybridized carbons (Fsp3) is 0.227. The molecule has 2 aromatic carbocycles. The van der Waals surface area contributed by atoms with Gasteiger partial charge in [0.25, 0.3) is 15.9 Å². The number of aryl methyl sites for hydroxylation is 3. The molecule has 0 aliphatic rings. The van der Waals surface area contributed by atoms with E-state index in [1.807, 2.05) is 32.0 Å². The van der Waals surface area contributed by atoms with Crippen molar-refractivity contribution in [3.05, 3.63) is 71.5 Å². The smallest absolute Gasteiger partial charge is 0.265 e. The molecule has 1 amide bonds. The summed E-state index contributed by atoms with van der Waals surface area (Å²) in [5, 5.41) is 2.73.